The number of halogens is 2. The van der Waals surface area contributed by atoms with Gasteiger partial charge in [-0.15, -0.1) is 12.4 Å². The lowest BCUT2D eigenvalue weighted by molar-refractivity contribution is -0.128. The van der Waals surface area contributed by atoms with Crippen LogP contribution in [0.2, 0.25) is 0 Å². The van der Waals surface area contributed by atoms with Gasteiger partial charge in [-0.2, -0.15) is 0 Å². The Morgan fingerprint density at radius 2 is 1.79 bits per heavy atom. The average Bonchev–Trinajstić information content (AvgIpc) is 2.67. The number of nitrogen functional groups attached to an aromatic ring is 1. The third-order valence-electron chi connectivity index (χ3n) is 3.96. The smallest absolute Gasteiger partial charge is 0.253 e. The van der Waals surface area contributed by atoms with Gasteiger partial charge in [0.15, 0.2) is 6.23 Å². The normalized spacial score (nSPS) is 11.1. The number of nitrogens with two attached hydrogens (primary N) is 1. The number of hydrogen-bond acceptors (Lipinski definition) is 4. The molecule has 0 aliphatic carbocycles. The highest BCUT2D eigenvalue weighted by molar-refractivity contribution is 5.95. The van der Waals surface area contributed by atoms with Gasteiger partial charge < -0.3 is 21.1 Å². The Hall–Kier alpha value is -2.97. The first kappa shape index (κ1) is 24.1. The van der Waals surface area contributed by atoms with E-state index in [1.165, 1.54) is 18.2 Å². The summed E-state index contributed by atoms with van der Waals surface area (Å²) < 4.78 is 19.0. The zero-order chi connectivity index (χ0) is 20.7. The van der Waals surface area contributed by atoms with Crippen LogP contribution in [-0.4, -0.2) is 30.8 Å². The van der Waals surface area contributed by atoms with Crippen LogP contribution in [-0.2, 0) is 9.53 Å². The molecule has 0 heterocycles. The van der Waals surface area contributed by atoms with Gasteiger partial charge in [0.05, 0.1) is 0 Å². The molecule has 0 fully saturated rings. The molecule has 5 N–H and O–H groups in total. The quantitative estimate of drug-likeness (QED) is 0.297. The molecule has 0 aliphatic rings. The number of benzene rings is 2. The van der Waals surface area contributed by atoms with Crippen molar-refractivity contribution in [2.45, 2.75) is 20.1 Å². The van der Waals surface area contributed by atoms with E-state index < -0.39 is 18.0 Å². The lowest BCUT2D eigenvalue weighted by Gasteiger charge is -2.20. The van der Waals surface area contributed by atoms with Gasteiger partial charge in [-0.3, -0.25) is 15.0 Å². The molecular formula is C20H24ClFN4O3. The highest BCUT2D eigenvalue weighted by Gasteiger charge is 2.18. The molecule has 156 valence electrons. The van der Waals surface area contributed by atoms with Gasteiger partial charge in [-0.25, -0.2) is 4.39 Å². The Labute approximate surface area is 174 Å². The standard InChI is InChI=1S/C20H23FN4O3.ClH/c1-3-24-17(26)11-28-20(14-6-4-13(5-7-14)18(22)23)25-19(27)15-8-9-16(21)12(2)10-15;/h4-10,20H,3,11H2,1-2H3,(H3,22,23)(H,24,26)(H,25,27);1H. The fourth-order valence-electron chi connectivity index (χ4n) is 2.45. The number of carbonyl (C=O) groups is 2. The van der Waals surface area contributed by atoms with Crippen molar-refractivity contribution < 1.29 is 18.7 Å². The molecule has 0 aliphatic heterocycles. The Balaban J connectivity index is 0.00000420. The maximum atomic E-state index is 13.4. The first-order valence-electron chi connectivity index (χ1n) is 8.71. The lowest BCUT2D eigenvalue weighted by Crippen LogP contribution is -2.34. The van der Waals surface area contributed by atoms with Crippen molar-refractivity contribution in [2.75, 3.05) is 13.2 Å². The summed E-state index contributed by atoms with van der Waals surface area (Å²) in [6, 6.07) is 10.6. The van der Waals surface area contributed by atoms with Crippen LogP contribution in [0.5, 0.6) is 0 Å². The van der Waals surface area contributed by atoms with Crippen molar-refractivity contribution in [1.82, 2.24) is 10.6 Å². The van der Waals surface area contributed by atoms with Gasteiger partial charge in [-0.05, 0) is 37.6 Å². The molecule has 1 unspecified atom stereocenters. The Morgan fingerprint density at radius 1 is 1.17 bits per heavy atom. The molecule has 1 atom stereocenters. The predicted molar refractivity (Wildman–Crippen MR) is 111 cm³/mol. The van der Waals surface area contributed by atoms with Crippen molar-refractivity contribution in [1.29, 1.82) is 5.41 Å². The van der Waals surface area contributed by atoms with E-state index in [4.69, 9.17) is 15.9 Å². The summed E-state index contributed by atoms with van der Waals surface area (Å²) in [6.45, 7) is 3.56. The Bertz CT molecular complexity index is 875. The minimum Gasteiger partial charge on any atom is -0.384 e. The molecule has 9 heteroatoms. The first-order valence-corrected chi connectivity index (χ1v) is 8.71. The van der Waals surface area contributed by atoms with E-state index in [0.29, 0.717) is 23.2 Å². The molecule has 0 saturated heterocycles. The van der Waals surface area contributed by atoms with Gasteiger partial charge in [0, 0.05) is 23.2 Å². The van der Waals surface area contributed by atoms with Gasteiger partial charge in [0.2, 0.25) is 5.91 Å². The van der Waals surface area contributed by atoms with Crippen LogP contribution in [0.25, 0.3) is 0 Å². The molecule has 0 bridgehead atoms. The number of amidine groups is 1. The van der Waals surface area contributed by atoms with Crippen molar-refractivity contribution in [3.05, 3.63) is 70.5 Å². The Kier molecular flexibility index (Phi) is 9.24. The highest BCUT2D eigenvalue weighted by Crippen LogP contribution is 2.17. The summed E-state index contributed by atoms with van der Waals surface area (Å²) in [5.74, 6) is -1.28. The van der Waals surface area contributed by atoms with Crippen molar-refractivity contribution in [3.8, 4) is 0 Å². The first-order chi connectivity index (χ1) is 13.3. The highest BCUT2D eigenvalue weighted by atomic mass is 35.5. The molecule has 2 aromatic carbocycles. The SMILES string of the molecule is CCNC(=O)COC(NC(=O)c1ccc(F)c(C)c1)c1ccc(C(=N)N)cc1.Cl. The van der Waals surface area contributed by atoms with E-state index in [9.17, 15) is 14.0 Å². The number of likely N-dealkylation sites (N-methyl/N-ethyl adjacent to an activating group) is 1. The molecule has 0 spiro atoms. The Morgan fingerprint density at radius 3 is 2.34 bits per heavy atom. The molecular weight excluding hydrogens is 399 g/mol. The van der Waals surface area contributed by atoms with Crippen LogP contribution in [0.15, 0.2) is 42.5 Å². The molecule has 0 saturated carbocycles. The zero-order valence-electron chi connectivity index (χ0n) is 16.1. The summed E-state index contributed by atoms with van der Waals surface area (Å²) in [5.41, 5.74) is 7.16. The summed E-state index contributed by atoms with van der Waals surface area (Å²) in [5, 5.41) is 12.8. The molecule has 0 aromatic heterocycles. The van der Waals surface area contributed by atoms with E-state index in [2.05, 4.69) is 10.6 Å². The molecule has 2 rings (SSSR count). The average molecular weight is 423 g/mol. The predicted octanol–water partition coefficient (Wildman–Crippen LogP) is 2.42. The second-order valence-corrected chi connectivity index (χ2v) is 6.12. The maximum absolute atomic E-state index is 13.4. The fourth-order valence-corrected chi connectivity index (χ4v) is 2.45. The van der Waals surface area contributed by atoms with Gasteiger partial charge in [0.25, 0.3) is 5.91 Å². The van der Waals surface area contributed by atoms with Crippen molar-refractivity contribution >= 4 is 30.1 Å². The van der Waals surface area contributed by atoms with Crippen LogP contribution < -0.4 is 16.4 Å². The van der Waals surface area contributed by atoms with Gasteiger partial charge in [0.1, 0.15) is 18.3 Å². The maximum Gasteiger partial charge on any atom is 0.253 e. The minimum absolute atomic E-state index is 0. The minimum atomic E-state index is -0.915. The summed E-state index contributed by atoms with van der Waals surface area (Å²) in [7, 11) is 0. The number of rotatable bonds is 8. The number of amides is 2. The molecule has 2 aromatic rings. The van der Waals surface area contributed by atoms with Crippen LogP contribution >= 0.6 is 12.4 Å². The summed E-state index contributed by atoms with van der Waals surface area (Å²) in [6.07, 6.45) is -0.915. The van der Waals surface area contributed by atoms with E-state index in [-0.39, 0.29) is 36.3 Å². The van der Waals surface area contributed by atoms with Crippen molar-refractivity contribution in [3.63, 3.8) is 0 Å². The number of nitrogens with one attached hydrogen (secondary N) is 3. The van der Waals surface area contributed by atoms with Gasteiger partial charge >= 0.3 is 0 Å². The monoisotopic (exact) mass is 422 g/mol. The molecule has 7 nitrogen and oxygen atoms in total. The third kappa shape index (κ3) is 6.85. The van der Waals surface area contributed by atoms with Gasteiger partial charge in [-0.1, -0.05) is 24.3 Å². The summed E-state index contributed by atoms with van der Waals surface area (Å²) in [4.78, 5) is 24.3. The lowest BCUT2D eigenvalue weighted by atomic mass is 10.1. The van der Waals surface area contributed by atoms with E-state index in [1.807, 2.05) is 0 Å². The van der Waals surface area contributed by atoms with Crippen LogP contribution in [0.4, 0.5) is 4.39 Å². The number of aryl methyl sites for hydroxylation is 1. The number of ether oxygens (including phenoxy) is 1. The van der Waals surface area contributed by atoms with Crippen LogP contribution in [0, 0.1) is 18.2 Å². The zero-order valence-corrected chi connectivity index (χ0v) is 16.9. The van der Waals surface area contributed by atoms with Crippen LogP contribution in [0.3, 0.4) is 0 Å². The molecule has 0 radical (unpaired) electrons. The largest absolute Gasteiger partial charge is 0.384 e. The molecule has 29 heavy (non-hydrogen) atoms. The van der Waals surface area contributed by atoms with E-state index in [1.54, 1.807) is 38.1 Å². The summed E-state index contributed by atoms with van der Waals surface area (Å²) >= 11 is 0. The second-order valence-electron chi connectivity index (χ2n) is 6.12. The van der Waals surface area contributed by atoms with Crippen LogP contribution in [0.1, 0.15) is 40.2 Å². The second kappa shape index (κ2) is 11.1. The topological polar surface area (TPSA) is 117 Å². The van der Waals surface area contributed by atoms with E-state index >= 15 is 0 Å². The van der Waals surface area contributed by atoms with E-state index in [0.717, 1.165) is 0 Å². The molecule has 2 amide bonds. The number of hydrogen-bond donors (Lipinski definition) is 4. The fraction of sp³-hybridized carbons (Fsp3) is 0.250. The van der Waals surface area contributed by atoms with Crippen molar-refractivity contribution in [2.24, 2.45) is 5.73 Å². The number of carbonyl (C=O) groups excluding carboxylic acids is 2. The third-order valence-corrected chi connectivity index (χ3v) is 3.96.